The zero-order chi connectivity index (χ0) is 17.3. The summed E-state index contributed by atoms with van der Waals surface area (Å²) in [5.74, 6) is -0.894. The van der Waals surface area contributed by atoms with Crippen LogP contribution >= 0.6 is 15.9 Å². The summed E-state index contributed by atoms with van der Waals surface area (Å²) in [5, 5.41) is 11.3. The maximum Gasteiger partial charge on any atom is 0.308 e. The van der Waals surface area contributed by atoms with E-state index in [4.69, 9.17) is 9.84 Å². The maximum atomic E-state index is 12.3. The predicted octanol–water partition coefficient (Wildman–Crippen LogP) is 3.30. The van der Waals surface area contributed by atoms with Crippen molar-refractivity contribution in [1.29, 1.82) is 0 Å². The van der Waals surface area contributed by atoms with Gasteiger partial charge in [0.2, 0.25) is 0 Å². The van der Waals surface area contributed by atoms with Gasteiger partial charge in [0.05, 0.1) is 5.92 Å². The Kier molecular flexibility index (Phi) is 4.76. The molecule has 0 bridgehead atoms. The van der Waals surface area contributed by atoms with E-state index in [0.29, 0.717) is 18.7 Å². The molecule has 0 spiro atoms. The number of hydrogen-bond donors (Lipinski definition) is 1. The molecule has 1 N–H and O–H groups in total. The van der Waals surface area contributed by atoms with E-state index in [1.807, 2.05) is 36.4 Å². The Hall–Kier alpha value is -2.08. The molecule has 1 fully saturated rings. The zero-order valence-corrected chi connectivity index (χ0v) is 14.8. The minimum atomic E-state index is -0.848. The third-order valence-electron chi connectivity index (χ3n) is 4.53. The van der Waals surface area contributed by atoms with Gasteiger partial charge in [-0.05, 0) is 48.4 Å². The number of benzene rings is 2. The van der Waals surface area contributed by atoms with Crippen LogP contribution in [0.1, 0.15) is 13.3 Å². The number of carbonyl (C=O) groups is 2. The number of nitrogens with zero attached hydrogens (tertiary/aromatic N) is 1. The summed E-state index contributed by atoms with van der Waals surface area (Å²) in [6, 6.07) is 11.3. The summed E-state index contributed by atoms with van der Waals surface area (Å²) in [7, 11) is 0. The quantitative estimate of drug-likeness (QED) is 0.867. The Morgan fingerprint density at radius 2 is 1.96 bits per heavy atom. The van der Waals surface area contributed by atoms with Crippen LogP contribution < -0.4 is 4.74 Å². The van der Waals surface area contributed by atoms with E-state index >= 15 is 0 Å². The number of ether oxygens (including phenoxy) is 1. The second-order valence-corrected chi connectivity index (χ2v) is 6.92. The highest BCUT2D eigenvalue weighted by Gasteiger charge is 2.38. The molecule has 6 heteroatoms. The molecule has 5 nitrogen and oxygen atoms in total. The summed E-state index contributed by atoms with van der Waals surface area (Å²) >= 11 is 3.44. The number of carboxylic acids is 1. The van der Waals surface area contributed by atoms with Gasteiger partial charge in [0.25, 0.3) is 5.91 Å². The molecule has 1 heterocycles. The Morgan fingerprint density at radius 1 is 1.25 bits per heavy atom. The monoisotopic (exact) mass is 391 g/mol. The topological polar surface area (TPSA) is 66.8 Å². The minimum absolute atomic E-state index is 0.0846. The van der Waals surface area contributed by atoms with Gasteiger partial charge in [0.1, 0.15) is 5.75 Å². The van der Waals surface area contributed by atoms with E-state index in [0.717, 1.165) is 15.2 Å². The van der Waals surface area contributed by atoms with E-state index in [2.05, 4.69) is 15.9 Å². The van der Waals surface area contributed by atoms with E-state index in [9.17, 15) is 9.59 Å². The standard InChI is InChI=1S/C18H18BrNO4/c1-11-16(18(22)23)6-7-20(11)17(21)10-24-15-5-3-12-8-14(19)4-2-13(12)9-15/h2-5,8-9,11,16H,6-7,10H2,1H3,(H,22,23). The van der Waals surface area contributed by atoms with E-state index in [1.165, 1.54) is 0 Å². The van der Waals surface area contributed by atoms with E-state index in [1.54, 1.807) is 11.8 Å². The fourth-order valence-corrected chi connectivity index (χ4v) is 3.51. The lowest BCUT2D eigenvalue weighted by Crippen LogP contribution is -2.40. The van der Waals surface area contributed by atoms with Crippen LogP contribution in [0.25, 0.3) is 10.8 Å². The van der Waals surface area contributed by atoms with Crippen molar-refractivity contribution in [2.24, 2.45) is 5.92 Å². The number of carboxylic acid groups (broad SMARTS) is 1. The number of aliphatic carboxylic acids is 1. The molecule has 3 rings (SSSR count). The smallest absolute Gasteiger partial charge is 0.308 e. The van der Waals surface area contributed by atoms with Crippen LogP contribution in [0.4, 0.5) is 0 Å². The van der Waals surface area contributed by atoms with Crippen molar-refractivity contribution in [2.75, 3.05) is 13.2 Å². The molecule has 0 radical (unpaired) electrons. The fraction of sp³-hybridized carbons (Fsp3) is 0.333. The molecule has 1 aliphatic heterocycles. The van der Waals surface area contributed by atoms with Crippen LogP contribution in [0.15, 0.2) is 40.9 Å². The normalized spacial score (nSPS) is 20.3. The lowest BCUT2D eigenvalue weighted by atomic mass is 10.0. The summed E-state index contributed by atoms with van der Waals surface area (Å²) in [6.07, 6.45) is 0.493. The van der Waals surface area contributed by atoms with Crippen molar-refractivity contribution in [2.45, 2.75) is 19.4 Å². The highest BCUT2D eigenvalue weighted by molar-refractivity contribution is 9.10. The molecule has 2 aromatic carbocycles. The first-order chi connectivity index (χ1) is 11.5. The Morgan fingerprint density at radius 3 is 2.67 bits per heavy atom. The van der Waals surface area contributed by atoms with Crippen molar-refractivity contribution in [3.05, 3.63) is 40.9 Å². The Labute approximate surface area is 148 Å². The number of rotatable bonds is 4. The van der Waals surface area contributed by atoms with Gasteiger partial charge in [-0.2, -0.15) is 0 Å². The molecule has 1 aliphatic rings. The lowest BCUT2D eigenvalue weighted by Gasteiger charge is -2.23. The van der Waals surface area contributed by atoms with Gasteiger partial charge in [-0.1, -0.05) is 28.1 Å². The third kappa shape index (κ3) is 3.38. The van der Waals surface area contributed by atoms with Crippen molar-refractivity contribution < 1.29 is 19.4 Å². The molecule has 126 valence electrons. The molecule has 0 aromatic heterocycles. The molecule has 0 saturated carbocycles. The molecular formula is C18H18BrNO4. The minimum Gasteiger partial charge on any atom is -0.484 e. The molecule has 2 unspecified atom stereocenters. The highest BCUT2D eigenvalue weighted by atomic mass is 79.9. The Balaban J connectivity index is 1.64. The van der Waals surface area contributed by atoms with Crippen molar-refractivity contribution in [1.82, 2.24) is 4.90 Å². The van der Waals surface area contributed by atoms with Gasteiger partial charge >= 0.3 is 5.97 Å². The fourth-order valence-electron chi connectivity index (χ4n) is 3.13. The third-order valence-corrected chi connectivity index (χ3v) is 5.02. The summed E-state index contributed by atoms with van der Waals surface area (Å²) in [4.78, 5) is 25.0. The predicted molar refractivity (Wildman–Crippen MR) is 94.1 cm³/mol. The van der Waals surface area contributed by atoms with Crippen molar-refractivity contribution in [3.63, 3.8) is 0 Å². The first-order valence-corrected chi connectivity index (χ1v) is 8.59. The van der Waals surface area contributed by atoms with Gasteiger partial charge < -0.3 is 14.7 Å². The second kappa shape index (κ2) is 6.81. The van der Waals surface area contributed by atoms with Crippen molar-refractivity contribution in [3.8, 4) is 5.75 Å². The number of hydrogen-bond acceptors (Lipinski definition) is 3. The van der Waals surface area contributed by atoms with Gasteiger partial charge in [0.15, 0.2) is 6.61 Å². The second-order valence-electron chi connectivity index (χ2n) is 6.00. The van der Waals surface area contributed by atoms with Crippen LogP contribution in [0, 0.1) is 5.92 Å². The van der Waals surface area contributed by atoms with E-state index < -0.39 is 11.9 Å². The molecule has 1 saturated heterocycles. The maximum absolute atomic E-state index is 12.3. The molecule has 24 heavy (non-hydrogen) atoms. The first kappa shape index (κ1) is 16.8. The van der Waals surface area contributed by atoms with Crippen LogP contribution in [-0.4, -0.2) is 41.1 Å². The van der Waals surface area contributed by atoms with Crippen molar-refractivity contribution >= 4 is 38.6 Å². The SMILES string of the molecule is CC1C(C(=O)O)CCN1C(=O)COc1ccc2cc(Br)ccc2c1. The Bertz CT molecular complexity index is 792. The van der Waals surface area contributed by atoms with Crippen LogP contribution in [0.3, 0.4) is 0 Å². The summed E-state index contributed by atoms with van der Waals surface area (Å²) in [6.45, 7) is 2.16. The number of carbonyl (C=O) groups excluding carboxylic acids is 1. The molecular weight excluding hydrogens is 374 g/mol. The summed E-state index contributed by atoms with van der Waals surface area (Å²) in [5.41, 5.74) is 0. The van der Waals surface area contributed by atoms with Gasteiger partial charge in [-0.25, -0.2) is 0 Å². The largest absolute Gasteiger partial charge is 0.484 e. The van der Waals surface area contributed by atoms with Gasteiger partial charge in [-0.15, -0.1) is 0 Å². The molecule has 1 amide bonds. The van der Waals surface area contributed by atoms with Crippen LogP contribution in [0.5, 0.6) is 5.75 Å². The lowest BCUT2D eigenvalue weighted by molar-refractivity contribution is -0.143. The number of halogens is 1. The number of likely N-dealkylation sites (tertiary alicyclic amines) is 1. The molecule has 2 aromatic rings. The summed E-state index contributed by atoms with van der Waals surface area (Å²) < 4.78 is 6.62. The van der Waals surface area contributed by atoms with Gasteiger partial charge in [0, 0.05) is 17.1 Å². The molecule has 2 atom stereocenters. The number of amides is 1. The van der Waals surface area contributed by atoms with E-state index in [-0.39, 0.29) is 18.6 Å². The zero-order valence-electron chi connectivity index (χ0n) is 13.2. The van der Waals surface area contributed by atoms with Crippen LogP contribution in [0.2, 0.25) is 0 Å². The first-order valence-electron chi connectivity index (χ1n) is 7.80. The average Bonchev–Trinajstić information content (AvgIpc) is 2.94. The highest BCUT2D eigenvalue weighted by Crippen LogP contribution is 2.26. The number of fused-ring (bicyclic) bond motifs is 1. The molecule has 0 aliphatic carbocycles. The van der Waals surface area contributed by atoms with Crippen LogP contribution in [-0.2, 0) is 9.59 Å². The van der Waals surface area contributed by atoms with Gasteiger partial charge in [-0.3, -0.25) is 9.59 Å². The average molecular weight is 392 g/mol.